The molecule has 3 nitrogen and oxygen atoms in total. The van der Waals surface area contributed by atoms with Crippen molar-refractivity contribution in [3.05, 3.63) is 46.2 Å². The van der Waals surface area contributed by atoms with Crippen LogP contribution in [0.2, 0.25) is 10.0 Å². The summed E-state index contributed by atoms with van der Waals surface area (Å²) in [5.41, 5.74) is 7.68. The molecule has 0 saturated carbocycles. The van der Waals surface area contributed by atoms with Crippen molar-refractivity contribution in [2.24, 2.45) is 5.73 Å². The predicted octanol–water partition coefficient (Wildman–Crippen LogP) is 3.07. The summed E-state index contributed by atoms with van der Waals surface area (Å²) in [5, 5.41) is 5.42. The van der Waals surface area contributed by atoms with Gasteiger partial charge in [-0.1, -0.05) is 29.3 Å². The monoisotopic (exact) mass is 269 g/mol. The lowest BCUT2D eigenvalue weighted by molar-refractivity contribution is 0.737. The van der Waals surface area contributed by atoms with Crippen LogP contribution >= 0.6 is 23.2 Å². The van der Waals surface area contributed by atoms with E-state index in [4.69, 9.17) is 28.9 Å². The molecule has 1 aromatic carbocycles. The molecular weight excluding hydrogens is 257 g/mol. The summed E-state index contributed by atoms with van der Waals surface area (Å²) in [7, 11) is 0. The van der Waals surface area contributed by atoms with E-state index in [0.29, 0.717) is 10.0 Å². The number of aromatic nitrogens is 2. The minimum atomic E-state index is 0.0949. The predicted molar refractivity (Wildman–Crippen MR) is 70.9 cm³/mol. The molecule has 1 aromatic heterocycles. The van der Waals surface area contributed by atoms with Gasteiger partial charge in [0.05, 0.1) is 16.9 Å². The van der Waals surface area contributed by atoms with Crippen molar-refractivity contribution < 1.29 is 0 Å². The van der Waals surface area contributed by atoms with Crippen LogP contribution in [0, 0.1) is 0 Å². The molecule has 0 bridgehead atoms. The Morgan fingerprint density at radius 3 is 2.71 bits per heavy atom. The fourth-order valence-electron chi connectivity index (χ4n) is 1.63. The van der Waals surface area contributed by atoms with Crippen molar-refractivity contribution in [3.63, 3.8) is 0 Å². The quantitative estimate of drug-likeness (QED) is 0.931. The van der Waals surface area contributed by atoms with Gasteiger partial charge in [-0.15, -0.1) is 0 Å². The third kappa shape index (κ3) is 3.00. The lowest BCUT2D eigenvalue weighted by atomic mass is 10.1. The van der Waals surface area contributed by atoms with Crippen LogP contribution in [0.25, 0.3) is 5.69 Å². The van der Waals surface area contributed by atoms with Gasteiger partial charge in [0.15, 0.2) is 0 Å². The highest BCUT2D eigenvalue weighted by atomic mass is 35.5. The number of halogens is 2. The highest BCUT2D eigenvalue weighted by Gasteiger charge is 2.06. The summed E-state index contributed by atoms with van der Waals surface area (Å²) in [4.78, 5) is 0. The maximum absolute atomic E-state index is 6.20. The lowest BCUT2D eigenvalue weighted by Gasteiger charge is -2.09. The van der Waals surface area contributed by atoms with Gasteiger partial charge in [-0.2, -0.15) is 5.10 Å². The molecule has 0 fully saturated rings. The lowest BCUT2D eigenvalue weighted by Crippen LogP contribution is -2.18. The Morgan fingerprint density at radius 2 is 2.18 bits per heavy atom. The Bertz CT molecular complexity index is 520. The number of rotatable bonds is 3. The second-order valence-corrected chi connectivity index (χ2v) is 4.90. The number of hydrogen-bond acceptors (Lipinski definition) is 2. The zero-order valence-electron chi connectivity index (χ0n) is 9.40. The topological polar surface area (TPSA) is 43.8 Å². The largest absolute Gasteiger partial charge is 0.328 e. The maximum Gasteiger partial charge on any atom is 0.0790 e. The van der Waals surface area contributed by atoms with Crippen molar-refractivity contribution in [1.29, 1.82) is 0 Å². The minimum absolute atomic E-state index is 0.0949. The summed E-state index contributed by atoms with van der Waals surface area (Å²) in [6.45, 7) is 1.96. The second-order valence-electron chi connectivity index (χ2n) is 4.06. The van der Waals surface area contributed by atoms with Gasteiger partial charge in [0, 0.05) is 17.3 Å². The molecule has 0 amide bonds. The fraction of sp³-hybridized carbons (Fsp3) is 0.250. The fourth-order valence-corrected chi connectivity index (χ4v) is 2.02. The van der Waals surface area contributed by atoms with Crippen LogP contribution < -0.4 is 5.73 Å². The first-order valence-electron chi connectivity index (χ1n) is 5.31. The smallest absolute Gasteiger partial charge is 0.0790 e. The molecule has 0 aliphatic heterocycles. The molecule has 1 unspecified atom stereocenters. The first kappa shape index (κ1) is 12.4. The summed E-state index contributed by atoms with van der Waals surface area (Å²) in [5.74, 6) is 0. The van der Waals surface area contributed by atoms with E-state index in [-0.39, 0.29) is 6.04 Å². The van der Waals surface area contributed by atoms with E-state index in [1.54, 1.807) is 17.1 Å². The Balaban J connectivity index is 2.30. The standard InChI is InChI=1S/C12H13Cl2N3/c1-8(15)4-9-2-3-11(5-12(9)14)17-7-10(13)6-16-17/h2-3,5-8H,4,15H2,1H3. The van der Waals surface area contributed by atoms with Crippen LogP contribution in [0.15, 0.2) is 30.6 Å². The molecule has 2 aromatic rings. The third-order valence-corrected chi connectivity index (χ3v) is 2.94. The second kappa shape index (κ2) is 5.08. The van der Waals surface area contributed by atoms with Gasteiger partial charge >= 0.3 is 0 Å². The molecule has 90 valence electrons. The number of nitrogens with two attached hydrogens (primary N) is 1. The van der Waals surface area contributed by atoms with Crippen LogP contribution in [-0.2, 0) is 6.42 Å². The molecule has 0 aliphatic rings. The summed E-state index contributed by atoms with van der Waals surface area (Å²) in [6, 6.07) is 5.88. The van der Waals surface area contributed by atoms with E-state index < -0.39 is 0 Å². The van der Waals surface area contributed by atoms with E-state index in [0.717, 1.165) is 17.7 Å². The van der Waals surface area contributed by atoms with E-state index in [1.165, 1.54) is 0 Å². The van der Waals surface area contributed by atoms with Gasteiger partial charge in [-0.3, -0.25) is 0 Å². The van der Waals surface area contributed by atoms with Gasteiger partial charge in [0.1, 0.15) is 0 Å². The average molecular weight is 270 g/mol. The van der Waals surface area contributed by atoms with Crippen LogP contribution in [0.4, 0.5) is 0 Å². The summed E-state index contributed by atoms with van der Waals surface area (Å²) < 4.78 is 1.68. The van der Waals surface area contributed by atoms with E-state index in [2.05, 4.69) is 5.10 Å². The van der Waals surface area contributed by atoms with Crippen LogP contribution in [0.1, 0.15) is 12.5 Å². The van der Waals surface area contributed by atoms with E-state index in [1.807, 2.05) is 25.1 Å². The molecule has 0 radical (unpaired) electrons. The number of nitrogens with zero attached hydrogens (tertiary/aromatic N) is 2. The van der Waals surface area contributed by atoms with Crippen LogP contribution in [0.3, 0.4) is 0 Å². The van der Waals surface area contributed by atoms with E-state index >= 15 is 0 Å². The Hall–Kier alpha value is -1.03. The van der Waals surface area contributed by atoms with Gasteiger partial charge in [0.25, 0.3) is 0 Å². The normalized spacial score (nSPS) is 12.7. The molecular formula is C12H13Cl2N3. The first-order valence-corrected chi connectivity index (χ1v) is 6.06. The zero-order valence-corrected chi connectivity index (χ0v) is 10.9. The van der Waals surface area contributed by atoms with Gasteiger partial charge in [0.2, 0.25) is 0 Å². The molecule has 0 spiro atoms. The highest BCUT2D eigenvalue weighted by Crippen LogP contribution is 2.21. The van der Waals surface area contributed by atoms with Crippen molar-refractivity contribution in [2.75, 3.05) is 0 Å². The zero-order chi connectivity index (χ0) is 12.4. The van der Waals surface area contributed by atoms with Crippen molar-refractivity contribution in [3.8, 4) is 5.69 Å². The Labute approximate surface area is 110 Å². The van der Waals surface area contributed by atoms with Gasteiger partial charge < -0.3 is 5.73 Å². The van der Waals surface area contributed by atoms with Crippen LogP contribution in [0.5, 0.6) is 0 Å². The summed E-state index contributed by atoms with van der Waals surface area (Å²) in [6.07, 6.45) is 4.09. The molecule has 5 heteroatoms. The molecule has 2 rings (SSSR count). The third-order valence-electron chi connectivity index (χ3n) is 2.39. The van der Waals surface area contributed by atoms with Crippen LogP contribution in [-0.4, -0.2) is 15.8 Å². The van der Waals surface area contributed by atoms with Crippen molar-refractivity contribution in [1.82, 2.24) is 9.78 Å². The number of benzene rings is 1. The van der Waals surface area contributed by atoms with Gasteiger partial charge in [-0.05, 0) is 31.0 Å². The average Bonchev–Trinajstić information content (AvgIpc) is 2.67. The molecule has 1 heterocycles. The van der Waals surface area contributed by atoms with E-state index in [9.17, 15) is 0 Å². The molecule has 1 atom stereocenters. The molecule has 2 N–H and O–H groups in total. The Kier molecular flexibility index (Phi) is 3.72. The Morgan fingerprint density at radius 1 is 1.41 bits per heavy atom. The molecule has 0 aliphatic carbocycles. The first-order chi connectivity index (χ1) is 8.06. The van der Waals surface area contributed by atoms with Crippen molar-refractivity contribution in [2.45, 2.75) is 19.4 Å². The maximum atomic E-state index is 6.20. The summed E-state index contributed by atoms with van der Waals surface area (Å²) >= 11 is 12.0. The highest BCUT2D eigenvalue weighted by molar-refractivity contribution is 6.31. The number of hydrogen-bond donors (Lipinski definition) is 1. The molecule has 17 heavy (non-hydrogen) atoms. The van der Waals surface area contributed by atoms with Gasteiger partial charge in [-0.25, -0.2) is 4.68 Å². The minimum Gasteiger partial charge on any atom is -0.328 e. The van der Waals surface area contributed by atoms with Crippen molar-refractivity contribution >= 4 is 23.2 Å². The SMILES string of the molecule is CC(N)Cc1ccc(-n2cc(Cl)cn2)cc1Cl. The molecule has 0 saturated heterocycles.